The molecule has 0 aromatic heterocycles. The zero-order valence-corrected chi connectivity index (χ0v) is 12.9. The van der Waals surface area contributed by atoms with Gasteiger partial charge in [-0.2, -0.15) is 0 Å². The number of carbonyl (C=O) groups is 3. The van der Waals surface area contributed by atoms with E-state index in [0.717, 1.165) is 0 Å². The van der Waals surface area contributed by atoms with Gasteiger partial charge < -0.3 is 20.1 Å². The number of aliphatic carboxylic acids is 1. The second-order valence-electron chi connectivity index (χ2n) is 5.44. The van der Waals surface area contributed by atoms with Crippen molar-refractivity contribution in [3.8, 4) is 5.75 Å². The van der Waals surface area contributed by atoms with Crippen LogP contribution in [-0.4, -0.2) is 53.5 Å². The number of nitrogens with zero attached hydrogens (tertiary/aromatic N) is 1. The molecule has 124 valence electrons. The van der Waals surface area contributed by atoms with E-state index in [1.165, 1.54) is 4.90 Å². The third kappa shape index (κ3) is 4.45. The Labute approximate surface area is 134 Å². The monoisotopic (exact) mass is 320 g/mol. The summed E-state index contributed by atoms with van der Waals surface area (Å²) in [6.07, 6.45) is 0.438. The molecular weight excluding hydrogens is 300 g/mol. The molecule has 0 radical (unpaired) electrons. The van der Waals surface area contributed by atoms with Gasteiger partial charge in [-0.25, -0.2) is 0 Å². The zero-order chi connectivity index (χ0) is 16.8. The first kappa shape index (κ1) is 16.8. The van der Waals surface area contributed by atoms with E-state index >= 15 is 0 Å². The van der Waals surface area contributed by atoms with Gasteiger partial charge in [-0.15, -0.1) is 0 Å². The second kappa shape index (κ2) is 7.62. The van der Waals surface area contributed by atoms with E-state index < -0.39 is 17.8 Å². The number of nitrogens with one attached hydrogen (secondary N) is 1. The fourth-order valence-corrected chi connectivity index (χ4v) is 2.61. The lowest BCUT2D eigenvalue weighted by Crippen LogP contribution is -2.44. The number of ether oxygens (including phenoxy) is 1. The maximum atomic E-state index is 12.1. The highest BCUT2D eigenvalue weighted by Crippen LogP contribution is 2.24. The number of rotatable bonds is 6. The summed E-state index contributed by atoms with van der Waals surface area (Å²) in [7, 11) is 0. The van der Waals surface area contributed by atoms with Crippen molar-refractivity contribution in [2.24, 2.45) is 5.92 Å². The Kier molecular flexibility index (Phi) is 5.56. The molecular formula is C16H20N2O5. The molecule has 1 heterocycles. The molecule has 2 atom stereocenters. The van der Waals surface area contributed by atoms with Crippen LogP contribution in [0.3, 0.4) is 0 Å². The van der Waals surface area contributed by atoms with Gasteiger partial charge in [0.25, 0.3) is 5.91 Å². The number of benzene rings is 1. The third-order valence-electron chi connectivity index (χ3n) is 3.94. The smallest absolute Gasteiger partial charge is 0.308 e. The molecule has 1 aliphatic heterocycles. The van der Waals surface area contributed by atoms with Gasteiger partial charge in [0.1, 0.15) is 5.75 Å². The van der Waals surface area contributed by atoms with Crippen molar-refractivity contribution in [2.45, 2.75) is 19.4 Å². The summed E-state index contributed by atoms with van der Waals surface area (Å²) < 4.78 is 5.28. The van der Waals surface area contributed by atoms with Gasteiger partial charge in [0, 0.05) is 12.6 Å². The number of hydrogen-bond acceptors (Lipinski definition) is 4. The molecule has 2 amide bonds. The number of carboxylic acids is 1. The maximum Gasteiger partial charge on any atom is 0.308 e. The summed E-state index contributed by atoms with van der Waals surface area (Å²) in [5, 5.41) is 11.5. The molecule has 0 bridgehead atoms. The van der Waals surface area contributed by atoms with E-state index in [0.29, 0.717) is 18.7 Å². The molecule has 1 aromatic rings. The minimum Gasteiger partial charge on any atom is -0.484 e. The molecule has 7 heteroatoms. The molecule has 1 fully saturated rings. The Morgan fingerprint density at radius 2 is 2.00 bits per heavy atom. The summed E-state index contributed by atoms with van der Waals surface area (Å²) in [4.78, 5) is 36.3. The average Bonchev–Trinajstić information content (AvgIpc) is 2.93. The predicted molar refractivity (Wildman–Crippen MR) is 81.9 cm³/mol. The second-order valence-corrected chi connectivity index (χ2v) is 5.44. The number of amides is 2. The summed E-state index contributed by atoms with van der Waals surface area (Å²) in [5.74, 6) is -1.55. The molecule has 1 aromatic carbocycles. The number of para-hydroxylation sites is 1. The largest absolute Gasteiger partial charge is 0.484 e. The quantitative estimate of drug-likeness (QED) is 0.796. The Hall–Kier alpha value is -2.57. The van der Waals surface area contributed by atoms with Crippen molar-refractivity contribution < 1.29 is 24.2 Å². The van der Waals surface area contributed by atoms with Gasteiger partial charge >= 0.3 is 5.97 Å². The molecule has 0 aliphatic carbocycles. The molecule has 2 unspecified atom stereocenters. The predicted octanol–water partition coefficient (Wildman–Crippen LogP) is 0.503. The van der Waals surface area contributed by atoms with Crippen LogP contribution in [0.5, 0.6) is 5.75 Å². The summed E-state index contributed by atoms with van der Waals surface area (Å²) in [6.45, 7) is 1.77. The Balaban J connectivity index is 1.74. The van der Waals surface area contributed by atoms with E-state index in [2.05, 4.69) is 5.32 Å². The summed E-state index contributed by atoms with van der Waals surface area (Å²) in [5.41, 5.74) is 0. The van der Waals surface area contributed by atoms with Gasteiger partial charge in [0.2, 0.25) is 5.91 Å². The van der Waals surface area contributed by atoms with Crippen molar-refractivity contribution in [3.63, 3.8) is 0 Å². The zero-order valence-electron chi connectivity index (χ0n) is 12.9. The van der Waals surface area contributed by atoms with Crippen molar-refractivity contribution in [1.29, 1.82) is 0 Å². The maximum absolute atomic E-state index is 12.1. The SMILES string of the molecule is CC1C(C(=O)O)CCN1C(=O)CNC(=O)COc1ccccc1. The van der Waals surface area contributed by atoms with Gasteiger partial charge in [0.15, 0.2) is 6.61 Å². The Morgan fingerprint density at radius 1 is 1.30 bits per heavy atom. The van der Waals surface area contributed by atoms with Gasteiger partial charge in [0.05, 0.1) is 12.5 Å². The standard InChI is InChI=1S/C16H20N2O5/c1-11-13(16(21)22)7-8-18(11)15(20)9-17-14(19)10-23-12-5-3-2-4-6-12/h2-6,11,13H,7-10H2,1H3,(H,17,19)(H,21,22). The molecule has 0 saturated carbocycles. The van der Waals surface area contributed by atoms with Crippen LogP contribution < -0.4 is 10.1 Å². The number of likely N-dealkylation sites (tertiary alicyclic amines) is 1. The molecule has 1 aliphatic rings. The van der Waals surface area contributed by atoms with Gasteiger partial charge in [-0.1, -0.05) is 18.2 Å². The van der Waals surface area contributed by atoms with Crippen LogP contribution in [0.1, 0.15) is 13.3 Å². The normalized spacial score (nSPS) is 20.1. The Morgan fingerprint density at radius 3 is 2.61 bits per heavy atom. The fourth-order valence-electron chi connectivity index (χ4n) is 2.61. The van der Waals surface area contributed by atoms with Crippen molar-refractivity contribution in [2.75, 3.05) is 19.7 Å². The van der Waals surface area contributed by atoms with Crippen molar-refractivity contribution in [1.82, 2.24) is 10.2 Å². The number of carbonyl (C=O) groups excluding carboxylic acids is 2. The van der Waals surface area contributed by atoms with Crippen molar-refractivity contribution >= 4 is 17.8 Å². The van der Waals surface area contributed by atoms with Crippen molar-refractivity contribution in [3.05, 3.63) is 30.3 Å². The van der Waals surface area contributed by atoms with Crippen LogP contribution >= 0.6 is 0 Å². The topological polar surface area (TPSA) is 95.9 Å². The van der Waals surface area contributed by atoms with Crippen LogP contribution in [0.25, 0.3) is 0 Å². The minimum atomic E-state index is -0.895. The molecule has 7 nitrogen and oxygen atoms in total. The highest BCUT2D eigenvalue weighted by Gasteiger charge is 2.37. The van der Waals surface area contributed by atoms with E-state index in [1.54, 1.807) is 31.2 Å². The van der Waals surface area contributed by atoms with Crippen LogP contribution in [-0.2, 0) is 14.4 Å². The van der Waals surface area contributed by atoms with Crippen LogP contribution in [0.2, 0.25) is 0 Å². The summed E-state index contributed by atoms with van der Waals surface area (Å²) in [6, 6.07) is 8.53. The first-order chi connectivity index (χ1) is 11.0. The third-order valence-corrected chi connectivity index (χ3v) is 3.94. The first-order valence-electron chi connectivity index (χ1n) is 7.46. The average molecular weight is 320 g/mol. The van der Waals surface area contributed by atoms with E-state index in [4.69, 9.17) is 9.84 Å². The molecule has 2 rings (SSSR count). The molecule has 2 N–H and O–H groups in total. The Bertz CT molecular complexity index is 575. The first-order valence-corrected chi connectivity index (χ1v) is 7.46. The molecule has 23 heavy (non-hydrogen) atoms. The highest BCUT2D eigenvalue weighted by atomic mass is 16.5. The minimum absolute atomic E-state index is 0.159. The summed E-state index contributed by atoms with van der Waals surface area (Å²) >= 11 is 0. The van der Waals surface area contributed by atoms with E-state index in [1.807, 2.05) is 6.07 Å². The van der Waals surface area contributed by atoms with E-state index in [9.17, 15) is 14.4 Å². The lowest BCUT2D eigenvalue weighted by molar-refractivity contribution is -0.143. The lowest BCUT2D eigenvalue weighted by atomic mass is 10.0. The van der Waals surface area contributed by atoms with Crippen LogP contribution in [0.4, 0.5) is 0 Å². The number of hydrogen-bond donors (Lipinski definition) is 2. The van der Waals surface area contributed by atoms with Crippen LogP contribution in [0.15, 0.2) is 30.3 Å². The van der Waals surface area contributed by atoms with Gasteiger partial charge in [-0.05, 0) is 25.5 Å². The molecule has 1 saturated heterocycles. The van der Waals surface area contributed by atoms with Gasteiger partial charge in [-0.3, -0.25) is 14.4 Å². The fraction of sp³-hybridized carbons (Fsp3) is 0.438. The lowest BCUT2D eigenvalue weighted by Gasteiger charge is -2.23. The number of carboxylic acid groups (broad SMARTS) is 1. The van der Waals surface area contributed by atoms with E-state index in [-0.39, 0.29) is 25.1 Å². The van der Waals surface area contributed by atoms with Crippen LogP contribution in [0, 0.1) is 5.92 Å². The molecule has 0 spiro atoms. The highest BCUT2D eigenvalue weighted by molar-refractivity contribution is 5.86.